The molecule has 2 heterocycles. The average Bonchev–Trinajstić information content (AvgIpc) is 3.04. The van der Waals surface area contributed by atoms with Crippen molar-refractivity contribution in [1.29, 1.82) is 0 Å². The van der Waals surface area contributed by atoms with Crippen LogP contribution >= 0.6 is 0 Å². The van der Waals surface area contributed by atoms with Gasteiger partial charge in [0, 0.05) is 11.6 Å². The summed E-state index contributed by atoms with van der Waals surface area (Å²) in [5.41, 5.74) is 0.991. The second-order valence-electron chi connectivity index (χ2n) is 5.31. The van der Waals surface area contributed by atoms with E-state index < -0.39 is 18.2 Å². The molecule has 0 saturated heterocycles. The van der Waals surface area contributed by atoms with E-state index in [1.165, 1.54) is 0 Å². The van der Waals surface area contributed by atoms with Gasteiger partial charge in [0.2, 0.25) is 6.79 Å². The van der Waals surface area contributed by atoms with Crippen LogP contribution in [0.25, 0.3) is 0 Å². The molecule has 6 nitrogen and oxygen atoms in total. The van der Waals surface area contributed by atoms with Crippen LogP contribution in [-0.4, -0.2) is 30.6 Å². The quantitative estimate of drug-likeness (QED) is 0.855. The summed E-state index contributed by atoms with van der Waals surface area (Å²) in [5.74, 6) is 1.14. The van der Waals surface area contributed by atoms with Crippen molar-refractivity contribution in [3.63, 3.8) is 0 Å². The lowest BCUT2D eigenvalue weighted by Crippen LogP contribution is -2.33. The zero-order valence-electron chi connectivity index (χ0n) is 12.1. The highest BCUT2D eigenvalue weighted by atomic mass is 16.7. The molecular formula is C17H14O6. The van der Waals surface area contributed by atoms with Crippen LogP contribution in [0.1, 0.15) is 22.0 Å². The number of fused-ring (bicyclic) bond motifs is 2. The van der Waals surface area contributed by atoms with E-state index >= 15 is 0 Å². The fraction of sp³-hybridized carbons (Fsp3) is 0.235. The van der Waals surface area contributed by atoms with Gasteiger partial charge in [0.25, 0.3) is 0 Å². The Morgan fingerprint density at radius 2 is 1.78 bits per heavy atom. The van der Waals surface area contributed by atoms with E-state index in [1.807, 2.05) is 6.07 Å². The Morgan fingerprint density at radius 1 is 1.04 bits per heavy atom. The van der Waals surface area contributed by atoms with Crippen molar-refractivity contribution in [2.45, 2.75) is 12.2 Å². The zero-order chi connectivity index (χ0) is 15.8. The molecule has 118 valence electrons. The Kier molecular flexibility index (Phi) is 3.31. The highest BCUT2D eigenvalue weighted by Gasteiger charge is 2.35. The SMILES string of the molecule is O=C(O[C@@H]1c2cc3c(cc2OC[C@@H]1O)OCO3)c1ccccc1. The molecule has 23 heavy (non-hydrogen) atoms. The summed E-state index contributed by atoms with van der Waals surface area (Å²) in [6.07, 6.45) is -1.77. The first-order valence-corrected chi connectivity index (χ1v) is 7.23. The van der Waals surface area contributed by atoms with Crippen molar-refractivity contribution in [1.82, 2.24) is 0 Å². The number of ether oxygens (including phenoxy) is 4. The smallest absolute Gasteiger partial charge is 0.338 e. The van der Waals surface area contributed by atoms with Crippen LogP contribution in [-0.2, 0) is 4.74 Å². The highest BCUT2D eigenvalue weighted by Crippen LogP contribution is 2.44. The van der Waals surface area contributed by atoms with Crippen molar-refractivity contribution in [2.75, 3.05) is 13.4 Å². The number of rotatable bonds is 2. The molecule has 2 aliphatic heterocycles. The first-order chi connectivity index (χ1) is 11.2. The minimum absolute atomic E-state index is 0.0411. The standard InChI is InChI=1S/C17H14O6/c18-12-8-20-13-7-15-14(21-9-22-15)6-11(13)16(12)23-17(19)10-4-2-1-3-5-10/h1-7,12,16,18H,8-9H2/t12-,16+/m0/s1. The number of carbonyl (C=O) groups is 1. The number of hydrogen-bond donors (Lipinski definition) is 1. The fourth-order valence-corrected chi connectivity index (χ4v) is 2.66. The lowest BCUT2D eigenvalue weighted by Gasteiger charge is -2.30. The van der Waals surface area contributed by atoms with Crippen LogP contribution in [0.2, 0.25) is 0 Å². The molecule has 0 radical (unpaired) electrons. The summed E-state index contributed by atoms with van der Waals surface area (Å²) in [4.78, 5) is 12.3. The summed E-state index contributed by atoms with van der Waals surface area (Å²) in [5, 5.41) is 10.2. The highest BCUT2D eigenvalue weighted by molar-refractivity contribution is 5.89. The van der Waals surface area contributed by atoms with E-state index in [2.05, 4.69) is 0 Å². The van der Waals surface area contributed by atoms with Crippen LogP contribution in [0.4, 0.5) is 0 Å². The van der Waals surface area contributed by atoms with Crippen LogP contribution in [0.3, 0.4) is 0 Å². The Bertz CT molecular complexity index is 742. The number of benzene rings is 2. The molecule has 2 atom stereocenters. The number of esters is 1. The van der Waals surface area contributed by atoms with E-state index in [0.717, 1.165) is 0 Å². The normalized spacial score (nSPS) is 21.3. The maximum atomic E-state index is 12.3. The molecule has 0 amide bonds. The topological polar surface area (TPSA) is 74.2 Å². The predicted molar refractivity (Wildman–Crippen MR) is 78.7 cm³/mol. The van der Waals surface area contributed by atoms with Gasteiger partial charge >= 0.3 is 5.97 Å². The molecule has 0 saturated carbocycles. The first-order valence-electron chi connectivity index (χ1n) is 7.23. The average molecular weight is 314 g/mol. The van der Waals surface area contributed by atoms with Crippen molar-refractivity contribution >= 4 is 5.97 Å². The van der Waals surface area contributed by atoms with Crippen LogP contribution in [0.5, 0.6) is 17.2 Å². The maximum absolute atomic E-state index is 12.3. The number of carbonyl (C=O) groups excluding carboxylic acids is 1. The molecule has 4 rings (SSSR count). The Hall–Kier alpha value is -2.73. The molecule has 2 aromatic carbocycles. The molecule has 0 bridgehead atoms. The minimum atomic E-state index is -0.949. The summed E-state index contributed by atoms with van der Waals surface area (Å²) in [6, 6.07) is 12.0. The van der Waals surface area contributed by atoms with E-state index in [4.69, 9.17) is 18.9 Å². The second kappa shape index (κ2) is 5.48. The lowest BCUT2D eigenvalue weighted by molar-refractivity contribution is -0.0465. The van der Waals surface area contributed by atoms with E-state index in [1.54, 1.807) is 36.4 Å². The molecule has 0 spiro atoms. The van der Waals surface area contributed by atoms with Crippen LogP contribution in [0.15, 0.2) is 42.5 Å². The van der Waals surface area contributed by atoms with E-state index in [9.17, 15) is 9.90 Å². The summed E-state index contributed by atoms with van der Waals surface area (Å²) in [7, 11) is 0. The van der Waals surface area contributed by atoms with Gasteiger partial charge in [-0.05, 0) is 18.2 Å². The molecular weight excluding hydrogens is 300 g/mol. The largest absolute Gasteiger partial charge is 0.490 e. The first kappa shape index (κ1) is 13.9. The third-order valence-electron chi connectivity index (χ3n) is 3.81. The van der Waals surface area contributed by atoms with Gasteiger partial charge in [-0.3, -0.25) is 0 Å². The van der Waals surface area contributed by atoms with Crippen LogP contribution in [0, 0.1) is 0 Å². The fourth-order valence-electron chi connectivity index (χ4n) is 2.66. The Morgan fingerprint density at radius 3 is 2.57 bits per heavy atom. The third kappa shape index (κ3) is 2.47. The summed E-state index contributed by atoms with van der Waals surface area (Å²) >= 11 is 0. The van der Waals surface area contributed by atoms with Gasteiger partial charge in [-0.1, -0.05) is 18.2 Å². The van der Waals surface area contributed by atoms with Gasteiger partial charge in [-0.25, -0.2) is 4.79 Å². The van der Waals surface area contributed by atoms with E-state index in [0.29, 0.717) is 28.4 Å². The maximum Gasteiger partial charge on any atom is 0.338 e. The molecule has 2 aromatic rings. The number of aliphatic hydroxyl groups is 1. The molecule has 1 N–H and O–H groups in total. The Labute approximate surface area is 132 Å². The second-order valence-corrected chi connectivity index (χ2v) is 5.31. The molecule has 0 fully saturated rings. The molecule has 6 heteroatoms. The van der Waals surface area contributed by atoms with Crippen molar-refractivity contribution in [2.24, 2.45) is 0 Å². The zero-order valence-corrected chi connectivity index (χ0v) is 12.1. The van der Waals surface area contributed by atoms with Gasteiger partial charge < -0.3 is 24.1 Å². The third-order valence-corrected chi connectivity index (χ3v) is 3.81. The molecule has 2 aliphatic rings. The summed E-state index contributed by atoms with van der Waals surface area (Å²) in [6.45, 7) is 0.175. The van der Waals surface area contributed by atoms with Gasteiger partial charge in [0.1, 0.15) is 18.5 Å². The van der Waals surface area contributed by atoms with Gasteiger partial charge in [0.05, 0.1) is 5.56 Å². The molecule has 0 aromatic heterocycles. The Balaban J connectivity index is 1.65. The monoisotopic (exact) mass is 314 g/mol. The lowest BCUT2D eigenvalue weighted by atomic mass is 10.00. The van der Waals surface area contributed by atoms with Crippen molar-refractivity contribution < 1.29 is 28.8 Å². The number of hydrogen-bond acceptors (Lipinski definition) is 6. The van der Waals surface area contributed by atoms with Crippen LogP contribution < -0.4 is 14.2 Å². The van der Waals surface area contributed by atoms with Crippen molar-refractivity contribution in [3.8, 4) is 17.2 Å². The number of aliphatic hydroxyl groups excluding tert-OH is 1. The van der Waals surface area contributed by atoms with Gasteiger partial charge in [0.15, 0.2) is 17.6 Å². The minimum Gasteiger partial charge on any atom is -0.490 e. The van der Waals surface area contributed by atoms with Gasteiger partial charge in [-0.15, -0.1) is 0 Å². The molecule has 0 unspecified atom stereocenters. The molecule has 0 aliphatic carbocycles. The summed E-state index contributed by atoms with van der Waals surface area (Å²) < 4.78 is 21.7. The predicted octanol–water partition coefficient (Wildman–Crippen LogP) is 2.07. The van der Waals surface area contributed by atoms with Crippen molar-refractivity contribution in [3.05, 3.63) is 53.6 Å². The van der Waals surface area contributed by atoms with Gasteiger partial charge in [-0.2, -0.15) is 0 Å². The van der Waals surface area contributed by atoms with E-state index in [-0.39, 0.29) is 13.4 Å².